The Labute approximate surface area is 164 Å². The minimum absolute atomic E-state index is 0.332. The first kappa shape index (κ1) is 17.4. The third-order valence-corrected chi connectivity index (χ3v) is 5.51. The van der Waals surface area contributed by atoms with Crippen molar-refractivity contribution in [1.82, 2.24) is 4.98 Å². The Hall–Kier alpha value is -2.97. The highest BCUT2D eigenvalue weighted by Crippen LogP contribution is 2.26. The van der Waals surface area contributed by atoms with E-state index in [1.165, 1.54) is 15.8 Å². The van der Waals surface area contributed by atoms with Crippen LogP contribution in [0.3, 0.4) is 0 Å². The second kappa shape index (κ2) is 8.61. The molecule has 4 aromatic rings. The molecule has 3 aromatic carbocycles. The zero-order valence-electron chi connectivity index (χ0n) is 15.0. The van der Waals surface area contributed by atoms with Gasteiger partial charge in [0.25, 0.3) is 0 Å². The molecule has 0 bridgehead atoms. The van der Waals surface area contributed by atoms with Crippen molar-refractivity contribution in [1.29, 1.82) is 0 Å². The van der Waals surface area contributed by atoms with E-state index in [0.29, 0.717) is 5.92 Å². The molecule has 1 nitrogen and oxygen atoms in total. The Balaban J connectivity index is 1.55. The average Bonchev–Trinajstić information content (AvgIpc) is 3.15. The van der Waals surface area contributed by atoms with E-state index in [9.17, 15) is 0 Å². The lowest BCUT2D eigenvalue weighted by atomic mass is 9.95. The second-order valence-corrected chi connectivity index (χ2v) is 7.51. The molecule has 1 atom stereocenters. The smallest absolute Gasteiger partial charge is 0.117 e. The Bertz CT molecular complexity index is 1010. The number of allylic oxidation sites excluding steroid dienone is 2. The van der Waals surface area contributed by atoms with Crippen LogP contribution in [0.2, 0.25) is 0 Å². The molecule has 1 aromatic heterocycles. The number of rotatable bonds is 6. The van der Waals surface area contributed by atoms with Gasteiger partial charge in [-0.15, -0.1) is 11.3 Å². The summed E-state index contributed by atoms with van der Waals surface area (Å²) in [4.78, 5) is 4.72. The van der Waals surface area contributed by atoms with Crippen LogP contribution in [0.15, 0.2) is 97.1 Å². The van der Waals surface area contributed by atoms with Gasteiger partial charge in [-0.1, -0.05) is 91.0 Å². The van der Waals surface area contributed by atoms with Crippen molar-refractivity contribution in [3.8, 4) is 0 Å². The maximum absolute atomic E-state index is 4.72. The number of aromatic nitrogens is 1. The van der Waals surface area contributed by atoms with Crippen LogP contribution >= 0.6 is 11.3 Å². The van der Waals surface area contributed by atoms with Crippen molar-refractivity contribution < 1.29 is 0 Å². The molecule has 0 radical (unpaired) electrons. The zero-order chi connectivity index (χ0) is 18.3. The minimum atomic E-state index is 0.332. The van der Waals surface area contributed by atoms with Gasteiger partial charge in [-0.05, 0) is 35.8 Å². The summed E-state index contributed by atoms with van der Waals surface area (Å²) in [5.41, 5.74) is 3.63. The summed E-state index contributed by atoms with van der Waals surface area (Å²) in [6.45, 7) is 0. The van der Waals surface area contributed by atoms with E-state index in [0.717, 1.165) is 16.9 Å². The fourth-order valence-corrected chi connectivity index (χ4v) is 3.98. The number of hydrogen-bond acceptors (Lipinski definition) is 2. The molecule has 0 spiro atoms. The van der Waals surface area contributed by atoms with Crippen LogP contribution in [0.1, 0.15) is 28.5 Å². The largest absolute Gasteiger partial charge is 0.237 e. The third-order valence-electron chi connectivity index (χ3n) is 4.51. The van der Waals surface area contributed by atoms with Gasteiger partial charge in [0.1, 0.15) is 5.01 Å². The van der Waals surface area contributed by atoms with Crippen molar-refractivity contribution in [3.63, 3.8) is 0 Å². The van der Waals surface area contributed by atoms with Crippen LogP contribution in [0.4, 0.5) is 0 Å². The van der Waals surface area contributed by atoms with Gasteiger partial charge in [-0.2, -0.15) is 0 Å². The highest BCUT2D eigenvalue weighted by molar-refractivity contribution is 7.19. The molecule has 0 saturated carbocycles. The summed E-state index contributed by atoms with van der Waals surface area (Å²) in [5, 5.41) is 1.06. The van der Waals surface area contributed by atoms with Crippen LogP contribution in [0.5, 0.6) is 0 Å². The van der Waals surface area contributed by atoms with Gasteiger partial charge in [0.15, 0.2) is 0 Å². The first-order chi connectivity index (χ1) is 13.4. The number of hydrogen-bond donors (Lipinski definition) is 0. The van der Waals surface area contributed by atoms with Gasteiger partial charge in [0.05, 0.1) is 10.2 Å². The Morgan fingerprint density at radius 1 is 0.778 bits per heavy atom. The molecular weight excluding hydrogens is 346 g/mol. The lowest BCUT2D eigenvalue weighted by Gasteiger charge is -2.10. The molecule has 0 amide bonds. The van der Waals surface area contributed by atoms with Crippen LogP contribution in [0.25, 0.3) is 22.4 Å². The summed E-state index contributed by atoms with van der Waals surface area (Å²) in [6.07, 6.45) is 9.86. The predicted octanol–water partition coefficient (Wildman–Crippen LogP) is 7.20. The second-order valence-electron chi connectivity index (χ2n) is 6.44. The van der Waals surface area contributed by atoms with Crippen molar-refractivity contribution in [2.45, 2.75) is 12.3 Å². The first-order valence-electron chi connectivity index (χ1n) is 9.19. The summed E-state index contributed by atoms with van der Waals surface area (Å²) >= 11 is 1.74. The van der Waals surface area contributed by atoms with E-state index in [2.05, 4.69) is 97.1 Å². The van der Waals surface area contributed by atoms with Crippen molar-refractivity contribution in [2.24, 2.45) is 0 Å². The molecule has 1 heterocycles. The number of para-hydroxylation sites is 1. The fourth-order valence-electron chi connectivity index (χ4n) is 3.10. The van der Waals surface area contributed by atoms with E-state index < -0.39 is 0 Å². The lowest BCUT2D eigenvalue weighted by Crippen LogP contribution is -1.93. The normalized spacial score (nSPS) is 12.9. The molecule has 0 aliphatic heterocycles. The molecule has 0 saturated heterocycles. The molecule has 132 valence electrons. The van der Waals surface area contributed by atoms with Gasteiger partial charge in [0.2, 0.25) is 0 Å². The van der Waals surface area contributed by atoms with E-state index >= 15 is 0 Å². The topological polar surface area (TPSA) is 12.9 Å². The van der Waals surface area contributed by atoms with Crippen LogP contribution in [-0.2, 0) is 0 Å². The molecule has 27 heavy (non-hydrogen) atoms. The van der Waals surface area contributed by atoms with Gasteiger partial charge in [-0.25, -0.2) is 4.98 Å². The SMILES string of the molecule is C(=C\c1ccccc1)/CC(/C=C/c1nc2ccccc2s1)c1ccccc1. The number of benzene rings is 3. The monoisotopic (exact) mass is 367 g/mol. The number of fused-ring (bicyclic) bond motifs is 1. The highest BCUT2D eigenvalue weighted by Gasteiger charge is 2.07. The first-order valence-corrected chi connectivity index (χ1v) is 10.0. The number of thiazole rings is 1. The van der Waals surface area contributed by atoms with Crippen LogP contribution < -0.4 is 0 Å². The van der Waals surface area contributed by atoms with E-state index in [1.54, 1.807) is 11.3 Å². The minimum Gasteiger partial charge on any atom is -0.237 e. The van der Waals surface area contributed by atoms with E-state index in [4.69, 9.17) is 4.98 Å². The van der Waals surface area contributed by atoms with Crippen LogP contribution in [0, 0.1) is 0 Å². The predicted molar refractivity (Wildman–Crippen MR) is 118 cm³/mol. The summed E-state index contributed by atoms with van der Waals surface area (Å²) in [5.74, 6) is 0.332. The molecule has 0 aliphatic carbocycles. The lowest BCUT2D eigenvalue weighted by molar-refractivity contribution is 0.870. The summed E-state index contributed by atoms with van der Waals surface area (Å²) in [7, 11) is 0. The maximum atomic E-state index is 4.72. The Morgan fingerprint density at radius 3 is 2.26 bits per heavy atom. The van der Waals surface area contributed by atoms with E-state index in [-0.39, 0.29) is 0 Å². The number of nitrogens with zero attached hydrogens (tertiary/aromatic N) is 1. The van der Waals surface area contributed by atoms with Gasteiger partial charge >= 0.3 is 0 Å². The van der Waals surface area contributed by atoms with Crippen molar-refractivity contribution >= 4 is 33.7 Å². The van der Waals surface area contributed by atoms with Crippen LogP contribution in [-0.4, -0.2) is 4.98 Å². The molecule has 2 heteroatoms. The summed E-state index contributed by atoms with van der Waals surface area (Å²) in [6, 6.07) is 29.4. The Morgan fingerprint density at radius 2 is 1.48 bits per heavy atom. The maximum Gasteiger partial charge on any atom is 0.117 e. The standard InChI is InChI=1S/C25H21NS/c1-3-10-20(11-4-1)12-9-15-22(21-13-5-2-6-14-21)18-19-25-26-23-16-7-8-17-24(23)27-25/h1-14,16-19,22H,15H2/b12-9+,19-18+. The van der Waals surface area contributed by atoms with Crippen molar-refractivity contribution in [3.05, 3.63) is 113 Å². The molecular formula is C25H21NS. The highest BCUT2D eigenvalue weighted by atomic mass is 32.1. The Kier molecular flexibility index (Phi) is 5.56. The van der Waals surface area contributed by atoms with Gasteiger partial charge in [0, 0.05) is 5.92 Å². The third kappa shape index (κ3) is 4.60. The molecule has 0 N–H and O–H groups in total. The molecule has 4 rings (SSSR count). The molecule has 1 unspecified atom stereocenters. The summed E-state index contributed by atoms with van der Waals surface area (Å²) < 4.78 is 1.23. The zero-order valence-corrected chi connectivity index (χ0v) is 15.8. The molecule has 0 aliphatic rings. The van der Waals surface area contributed by atoms with E-state index in [1.807, 2.05) is 12.1 Å². The quantitative estimate of drug-likeness (QED) is 0.351. The van der Waals surface area contributed by atoms with Crippen molar-refractivity contribution in [2.75, 3.05) is 0 Å². The van der Waals surface area contributed by atoms with Gasteiger partial charge < -0.3 is 0 Å². The van der Waals surface area contributed by atoms with Gasteiger partial charge in [-0.3, -0.25) is 0 Å². The average molecular weight is 368 g/mol. The fraction of sp³-hybridized carbons (Fsp3) is 0.0800. The molecule has 0 fully saturated rings.